The fourth-order valence-electron chi connectivity index (χ4n) is 1.76. The van der Waals surface area contributed by atoms with Gasteiger partial charge in [0, 0.05) is 17.5 Å². The highest BCUT2D eigenvalue weighted by atomic mass is 19.1. The first kappa shape index (κ1) is 9.43. The van der Waals surface area contributed by atoms with E-state index in [2.05, 4.69) is 0 Å². The topological polar surface area (TPSA) is 55.5 Å². The van der Waals surface area contributed by atoms with Crippen molar-refractivity contribution in [1.29, 1.82) is 0 Å². The van der Waals surface area contributed by atoms with Crippen LogP contribution in [0.15, 0.2) is 12.1 Å². The molecule has 1 aromatic rings. The number of fused-ring (bicyclic) bond motifs is 1. The largest absolute Gasteiger partial charge is 0.493 e. The summed E-state index contributed by atoms with van der Waals surface area (Å²) in [6, 6.07) is 2.27. The molecule has 1 atom stereocenters. The summed E-state index contributed by atoms with van der Waals surface area (Å²) < 4.78 is 18.7. The number of aliphatic hydroxyl groups is 1. The number of nitrogens with two attached hydrogens (primary N) is 1. The lowest BCUT2D eigenvalue weighted by molar-refractivity contribution is 0.265. The molecule has 1 aliphatic heterocycles. The molecule has 0 fully saturated rings. The molecule has 0 saturated carbocycles. The molecule has 0 aliphatic carbocycles. The average molecular weight is 197 g/mol. The van der Waals surface area contributed by atoms with E-state index in [1.165, 1.54) is 6.07 Å². The van der Waals surface area contributed by atoms with E-state index in [1.54, 1.807) is 6.07 Å². The molecule has 0 amide bonds. The van der Waals surface area contributed by atoms with Gasteiger partial charge >= 0.3 is 0 Å². The SMILES string of the molecule is NC(CO)c1c(F)ccc2c1CCO2. The smallest absolute Gasteiger partial charge is 0.128 e. The Bertz CT molecular complexity index is 354. The second kappa shape index (κ2) is 3.55. The monoisotopic (exact) mass is 197 g/mol. The fraction of sp³-hybridized carbons (Fsp3) is 0.400. The van der Waals surface area contributed by atoms with Crippen molar-refractivity contribution in [1.82, 2.24) is 0 Å². The highest BCUT2D eigenvalue weighted by Gasteiger charge is 2.22. The molecule has 14 heavy (non-hydrogen) atoms. The molecular weight excluding hydrogens is 185 g/mol. The Morgan fingerprint density at radius 2 is 2.36 bits per heavy atom. The van der Waals surface area contributed by atoms with Crippen molar-refractivity contribution < 1.29 is 14.2 Å². The van der Waals surface area contributed by atoms with Crippen molar-refractivity contribution in [3.8, 4) is 5.75 Å². The molecule has 1 aromatic carbocycles. The minimum absolute atomic E-state index is 0.257. The van der Waals surface area contributed by atoms with Gasteiger partial charge < -0.3 is 15.6 Å². The van der Waals surface area contributed by atoms with Gasteiger partial charge in [0.1, 0.15) is 11.6 Å². The van der Waals surface area contributed by atoms with Gasteiger partial charge in [-0.3, -0.25) is 0 Å². The number of aliphatic hydroxyl groups excluding tert-OH is 1. The van der Waals surface area contributed by atoms with Crippen LogP contribution in [0.4, 0.5) is 4.39 Å². The van der Waals surface area contributed by atoms with Crippen LogP contribution in [0.1, 0.15) is 17.2 Å². The van der Waals surface area contributed by atoms with Gasteiger partial charge in [-0.15, -0.1) is 0 Å². The first-order chi connectivity index (χ1) is 6.74. The zero-order valence-corrected chi connectivity index (χ0v) is 7.66. The van der Waals surface area contributed by atoms with E-state index in [9.17, 15) is 4.39 Å². The Kier molecular flexibility index (Phi) is 2.39. The average Bonchev–Trinajstić information content (AvgIpc) is 2.64. The summed E-state index contributed by atoms with van der Waals surface area (Å²) in [5.41, 5.74) is 6.81. The standard InChI is InChI=1S/C10H12FNO2/c11-7-1-2-9-6(3-4-14-9)10(7)8(12)5-13/h1-2,8,13H,3-5,12H2. The Balaban J connectivity index is 2.51. The lowest BCUT2D eigenvalue weighted by atomic mass is 9.99. The highest BCUT2D eigenvalue weighted by molar-refractivity contribution is 5.45. The van der Waals surface area contributed by atoms with Crippen molar-refractivity contribution in [3.63, 3.8) is 0 Å². The Morgan fingerprint density at radius 3 is 3.07 bits per heavy atom. The van der Waals surface area contributed by atoms with E-state index >= 15 is 0 Å². The first-order valence-electron chi connectivity index (χ1n) is 4.54. The van der Waals surface area contributed by atoms with Crippen LogP contribution in [0, 0.1) is 5.82 Å². The molecule has 1 aliphatic rings. The summed E-state index contributed by atoms with van der Waals surface area (Å²) in [6.07, 6.45) is 0.663. The number of rotatable bonds is 2. The van der Waals surface area contributed by atoms with Crippen molar-refractivity contribution in [2.45, 2.75) is 12.5 Å². The van der Waals surface area contributed by atoms with Gasteiger partial charge in [-0.25, -0.2) is 4.39 Å². The molecule has 0 radical (unpaired) electrons. The van der Waals surface area contributed by atoms with Crippen molar-refractivity contribution in [3.05, 3.63) is 29.1 Å². The number of hydrogen-bond donors (Lipinski definition) is 2. The van der Waals surface area contributed by atoms with Crippen LogP contribution < -0.4 is 10.5 Å². The molecule has 3 N–H and O–H groups in total. The molecule has 76 valence electrons. The fourth-order valence-corrected chi connectivity index (χ4v) is 1.76. The zero-order valence-electron chi connectivity index (χ0n) is 7.66. The maximum Gasteiger partial charge on any atom is 0.128 e. The molecule has 1 unspecified atom stereocenters. The van der Waals surface area contributed by atoms with Crippen LogP contribution in [0.5, 0.6) is 5.75 Å². The lowest BCUT2D eigenvalue weighted by Crippen LogP contribution is -2.17. The molecule has 3 nitrogen and oxygen atoms in total. The van der Waals surface area contributed by atoms with Gasteiger partial charge in [-0.05, 0) is 12.1 Å². The highest BCUT2D eigenvalue weighted by Crippen LogP contribution is 2.32. The van der Waals surface area contributed by atoms with Crippen molar-refractivity contribution >= 4 is 0 Å². The third kappa shape index (κ3) is 1.36. The predicted octanol–water partition coefficient (Wildman–Crippen LogP) is 0.753. The van der Waals surface area contributed by atoms with E-state index in [4.69, 9.17) is 15.6 Å². The van der Waals surface area contributed by atoms with Gasteiger partial charge in [-0.1, -0.05) is 0 Å². The molecule has 0 spiro atoms. The van der Waals surface area contributed by atoms with Crippen molar-refractivity contribution in [2.75, 3.05) is 13.2 Å². The van der Waals surface area contributed by atoms with Crippen molar-refractivity contribution in [2.24, 2.45) is 5.73 Å². The Labute approximate surface area is 81.3 Å². The van der Waals surface area contributed by atoms with Crippen LogP contribution in [0.3, 0.4) is 0 Å². The number of halogens is 1. The van der Waals surface area contributed by atoms with Gasteiger partial charge in [-0.2, -0.15) is 0 Å². The number of ether oxygens (including phenoxy) is 1. The second-order valence-electron chi connectivity index (χ2n) is 3.33. The third-order valence-electron chi connectivity index (χ3n) is 2.44. The van der Waals surface area contributed by atoms with E-state index < -0.39 is 6.04 Å². The van der Waals surface area contributed by atoms with Crippen LogP contribution in [-0.2, 0) is 6.42 Å². The quantitative estimate of drug-likeness (QED) is 0.735. The maximum atomic E-state index is 13.4. The predicted molar refractivity (Wildman–Crippen MR) is 49.6 cm³/mol. The van der Waals surface area contributed by atoms with E-state index in [-0.39, 0.29) is 12.4 Å². The molecule has 2 rings (SSSR count). The van der Waals surface area contributed by atoms with Crippen LogP contribution in [0.2, 0.25) is 0 Å². The maximum absolute atomic E-state index is 13.4. The molecule has 0 aromatic heterocycles. The molecule has 0 saturated heterocycles. The normalized spacial score (nSPS) is 16.2. The summed E-state index contributed by atoms with van der Waals surface area (Å²) in [4.78, 5) is 0. The minimum Gasteiger partial charge on any atom is -0.493 e. The van der Waals surface area contributed by atoms with E-state index in [0.29, 0.717) is 24.3 Å². The summed E-state index contributed by atoms with van der Waals surface area (Å²) in [5, 5.41) is 8.91. The molecule has 1 heterocycles. The second-order valence-corrected chi connectivity index (χ2v) is 3.33. The van der Waals surface area contributed by atoms with E-state index in [1.807, 2.05) is 0 Å². The lowest BCUT2D eigenvalue weighted by Gasteiger charge is -2.13. The molecule has 4 heteroatoms. The van der Waals surface area contributed by atoms with Gasteiger partial charge in [0.25, 0.3) is 0 Å². The summed E-state index contributed by atoms with van der Waals surface area (Å²) in [5.74, 6) is 0.320. The summed E-state index contributed by atoms with van der Waals surface area (Å²) in [7, 11) is 0. The molecular formula is C10H12FNO2. The van der Waals surface area contributed by atoms with Crippen LogP contribution in [-0.4, -0.2) is 18.3 Å². The summed E-state index contributed by atoms with van der Waals surface area (Å²) in [6.45, 7) is 0.303. The summed E-state index contributed by atoms with van der Waals surface area (Å²) >= 11 is 0. The minimum atomic E-state index is -0.661. The van der Waals surface area contributed by atoms with E-state index in [0.717, 1.165) is 5.56 Å². The third-order valence-corrected chi connectivity index (χ3v) is 2.44. The number of hydrogen-bond acceptors (Lipinski definition) is 3. The van der Waals surface area contributed by atoms with Crippen LogP contribution in [0.25, 0.3) is 0 Å². The zero-order chi connectivity index (χ0) is 10.1. The number of benzene rings is 1. The Hall–Kier alpha value is -1.13. The van der Waals surface area contributed by atoms with Gasteiger partial charge in [0.05, 0.1) is 19.3 Å². The van der Waals surface area contributed by atoms with Crippen LogP contribution >= 0.6 is 0 Å². The van der Waals surface area contributed by atoms with Gasteiger partial charge in [0.15, 0.2) is 0 Å². The van der Waals surface area contributed by atoms with Gasteiger partial charge in [0.2, 0.25) is 0 Å². The Morgan fingerprint density at radius 1 is 1.57 bits per heavy atom. The first-order valence-corrected chi connectivity index (χ1v) is 4.54. The molecule has 0 bridgehead atoms.